The Hall–Kier alpha value is -2.34. The number of carbonyl (C=O) groups is 2. The molecule has 1 unspecified atom stereocenters. The largest absolute Gasteiger partial charge is 0.382 e. The molecule has 2 aliphatic heterocycles. The molecule has 6 nitrogen and oxygen atoms in total. The molecule has 23 heavy (non-hydrogen) atoms. The van der Waals surface area contributed by atoms with Crippen molar-refractivity contribution in [2.45, 2.75) is 19.4 Å². The van der Waals surface area contributed by atoms with Crippen LogP contribution >= 0.6 is 0 Å². The topological polar surface area (TPSA) is 70.7 Å². The van der Waals surface area contributed by atoms with Crippen LogP contribution < -0.4 is 10.6 Å². The molecule has 0 saturated carbocycles. The third kappa shape index (κ3) is 3.22. The van der Waals surface area contributed by atoms with Gasteiger partial charge < -0.3 is 20.3 Å². The molecule has 0 radical (unpaired) electrons. The monoisotopic (exact) mass is 315 g/mol. The summed E-state index contributed by atoms with van der Waals surface area (Å²) < 4.78 is 5.32. The van der Waals surface area contributed by atoms with E-state index >= 15 is 0 Å². The fourth-order valence-corrected chi connectivity index (χ4v) is 3.01. The van der Waals surface area contributed by atoms with E-state index in [1.165, 1.54) is 0 Å². The lowest BCUT2D eigenvalue weighted by atomic mass is 9.96. The van der Waals surface area contributed by atoms with Crippen molar-refractivity contribution in [3.05, 3.63) is 47.2 Å². The summed E-state index contributed by atoms with van der Waals surface area (Å²) in [5.41, 5.74) is 2.27. The lowest BCUT2D eigenvalue weighted by Gasteiger charge is -2.25. The number of amides is 3. The Morgan fingerprint density at radius 1 is 1.26 bits per heavy atom. The number of hydrogen-bond acceptors (Lipinski definition) is 3. The van der Waals surface area contributed by atoms with Crippen molar-refractivity contribution in [1.29, 1.82) is 0 Å². The van der Waals surface area contributed by atoms with Crippen LogP contribution in [0.5, 0.6) is 0 Å². The van der Waals surface area contributed by atoms with Crippen molar-refractivity contribution in [2.24, 2.45) is 0 Å². The zero-order valence-corrected chi connectivity index (χ0v) is 13.2. The summed E-state index contributed by atoms with van der Waals surface area (Å²) in [6, 6.07) is 8.92. The Morgan fingerprint density at radius 2 is 2.04 bits per heavy atom. The van der Waals surface area contributed by atoms with Gasteiger partial charge >= 0.3 is 6.03 Å². The van der Waals surface area contributed by atoms with Gasteiger partial charge in [-0.25, -0.2) is 4.79 Å². The minimum Gasteiger partial charge on any atom is -0.382 e. The molecule has 2 aliphatic rings. The Bertz CT molecular complexity index is 627. The highest BCUT2D eigenvalue weighted by molar-refractivity contribution is 6.01. The second kappa shape index (κ2) is 6.83. The second-order valence-corrected chi connectivity index (χ2v) is 5.61. The number of nitrogens with zero attached hydrogens (tertiary/aromatic N) is 1. The average Bonchev–Trinajstić information content (AvgIpc) is 2.87. The standard InChI is InChI=1S/C17H21N3O3/c1-2-23-10-6-9-20-11-13-14(16(20)21)15(19-17(22)18-13)12-7-4-3-5-8-12/h3-5,7-8,15H,2,6,9-11H2,1H3,(H2,18,19,22). The summed E-state index contributed by atoms with van der Waals surface area (Å²) in [5.74, 6) is -0.0159. The lowest BCUT2D eigenvalue weighted by molar-refractivity contribution is -0.126. The third-order valence-corrected chi connectivity index (χ3v) is 4.07. The average molecular weight is 315 g/mol. The predicted molar refractivity (Wildman–Crippen MR) is 85.6 cm³/mol. The van der Waals surface area contributed by atoms with Crippen LogP contribution in [0.15, 0.2) is 41.6 Å². The Kier molecular flexibility index (Phi) is 4.62. The van der Waals surface area contributed by atoms with Crippen molar-refractivity contribution in [2.75, 3.05) is 26.3 Å². The summed E-state index contributed by atoms with van der Waals surface area (Å²) in [7, 11) is 0. The number of ether oxygens (including phenoxy) is 1. The number of nitrogens with one attached hydrogen (secondary N) is 2. The highest BCUT2D eigenvalue weighted by Crippen LogP contribution is 2.32. The maximum Gasteiger partial charge on any atom is 0.319 e. The van der Waals surface area contributed by atoms with Crippen LogP contribution in [-0.2, 0) is 9.53 Å². The first-order chi connectivity index (χ1) is 11.2. The number of hydrogen-bond donors (Lipinski definition) is 2. The molecule has 0 fully saturated rings. The Labute approximate surface area is 135 Å². The van der Waals surface area contributed by atoms with E-state index in [-0.39, 0.29) is 18.0 Å². The molecule has 1 aromatic carbocycles. The van der Waals surface area contributed by atoms with Crippen LogP contribution in [0.3, 0.4) is 0 Å². The first-order valence-electron chi connectivity index (χ1n) is 7.93. The third-order valence-electron chi connectivity index (χ3n) is 4.07. The molecule has 0 spiro atoms. The van der Waals surface area contributed by atoms with Gasteiger partial charge in [-0.1, -0.05) is 30.3 Å². The smallest absolute Gasteiger partial charge is 0.319 e. The normalized spacial score (nSPS) is 20.4. The SMILES string of the molecule is CCOCCCN1CC2=C(C1=O)C(c1ccccc1)NC(=O)N2. The summed E-state index contributed by atoms with van der Waals surface area (Å²) >= 11 is 0. The van der Waals surface area contributed by atoms with Gasteiger partial charge in [-0.3, -0.25) is 4.79 Å². The van der Waals surface area contributed by atoms with Gasteiger partial charge in [-0.15, -0.1) is 0 Å². The second-order valence-electron chi connectivity index (χ2n) is 5.61. The Balaban J connectivity index is 1.76. The van der Waals surface area contributed by atoms with E-state index in [1.807, 2.05) is 37.3 Å². The van der Waals surface area contributed by atoms with Crippen molar-refractivity contribution in [3.8, 4) is 0 Å². The van der Waals surface area contributed by atoms with E-state index in [0.29, 0.717) is 37.6 Å². The van der Waals surface area contributed by atoms with Gasteiger partial charge in [-0.05, 0) is 18.9 Å². The van der Waals surface area contributed by atoms with Crippen LogP contribution in [0.25, 0.3) is 0 Å². The van der Waals surface area contributed by atoms with Crippen LogP contribution in [-0.4, -0.2) is 43.1 Å². The van der Waals surface area contributed by atoms with Crippen molar-refractivity contribution in [1.82, 2.24) is 15.5 Å². The van der Waals surface area contributed by atoms with E-state index in [9.17, 15) is 9.59 Å². The predicted octanol–water partition coefficient (Wildman–Crippen LogP) is 1.56. The molecule has 2 N–H and O–H groups in total. The summed E-state index contributed by atoms with van der Waals surface area (Å²) in [5, 5.41) is 5.63. The molecule has 122 valence electrons. The van der Waals surface area contributed by atoms with Gasteiger partial charge in [0.2, 0.25) is 0 Å². The highest BCUT2D eigenvalue weighted by Gasteiger charge is 2.39. The highest BCUT2D eigenvalue weighted by atomic mass is 16.5. The molecule has 0 aliphatic carbocycles. The molecule has 6 heteroatoms. The summed E-state index contributed by atoms with van der Waals surface area (Å²) in [6.07, 6.45) is 0.789. The van der Waals surface area contributed by atoms with Crippen molar-refractivity contribution < 1.29 is 14.3 Å². The van der Waals surface area contributed by atoms with Crippen LogP contribution in [0.1, 0.15) is 24.9 Å². The first-order valence-corrected chi connectivity index (χ1v) is 7.93. The lowest BCUT2D eigenvalue weighted by Crippen LogP contribution is -2.44. The van der Waals surface area contributed by atoms with Crippen LogP contribution in [0.4, 0.5) is 4.79 Å². The quantitative estimate of drug-likeness (QED) is 0.783. The molecule has 1 atom stereocenters. The molecule has 3 amide bonds. The minimum atomic E-state index is -0.385. The van der Waals surface area contributed by atoms with Gasteiger partial charge in [0.15, 0.2) is 0 Å². The number of carbonyl (C=O) groups excluding carboxylic acids is 2. The molecule has 3 rings (SSSR count). The van der Waals surface area contributed by atoms with Gasteiger partial charge in [0.1, 0.15) is 0 Å². The maximum atomic E-state index is 12.7. The first kappa shape index (κ1) is 15.6. The van der Waals surface area contributed by atoms with E-state index in [0.717, 1.165) is 12.0 Å². The Morgan fingerprint density at radius 3 is 2.78 bits per heavy atom. The van der Waals surface area contributed by atoms with Crippen LogP contribution in [0.2, 0.25) is 0 Å². The fourth-order valence-electron chi connectivity index (χ4n) is 3.01. The molecular formula is C17H21N3O3. The number of urea groups is 1. The minimum absolute atomic E-state index is 0.0159. The molecular weight excluding hydrogens is 294 g/mol. The van der Waals surface area contributed by atoms with Crippen LogP contribution in [0, 0.1) is 0 Å². The maximum absolute atomic E-state index is 12.7. The molecule has 1 aromatic rings. The van der Waals surface area contributed by atoms with Gasteiger partial charge in [-0.2, -0.15) is 0 Å². The number of rotatable bonds is 6. The molecule has 0 bridgehead atoms. The fraction of sp³-hybridized carbons (Fsp3) is 0.412. The molecule has 0 aromatic heterocycles. The van der Waals surface area contributed by atoms with Gasteiger partial charge in [0, 0.05) is 19.8 Å². The van der Waals surface area contributed by atoms with E-state index in [1.54, 1.807) is 4.90 Å². The molecule has 0 saturated heterocycles. The van der Waals surface area contributed by atoms with Crippen molar-refractivity contribution >= 4 is 11.9 Å². The van der Waals surface area contributed by atoms with E-state index in [4.69, 9.17) is 4.74 Å². The summed E-state index contributed by atoms with van der Waals surface area (Å²) in [4.78, 5) is 26.4. The van der Waals surface area contributed by atoms with E-state index in [2.05, 4.69) is 10.6 Å². The summed E-state index contributed by atoms with van der Waals surface area (Å²) in [6.45, 7) is 4.35. The van der Waals surface area contributed by atoms with Gasteiger partial charge in [0.05, 0.1) is 23.9 Å². The molecule has 2 heterocycles. The zero-order valence-electron chi connectivity index (χ0n) is 13.2. The van der Waals surface area contributed by atoms with Crippen molar-refractivity contribution in [3.63, 3.8) is 0 Å². The number of benzene rings is 1. The van der Waals surface area contributed by atoms with Gasteiger partial charge in [0.25, 0.3) is 5.91 Å². The zero-order chi connectivity index (χ0) is 16.2. The van der Waals surface area contributed by atoms with E-state index < -0.39 is 0 Å².